The summed E-state index contributed by atoms with van der Waals surface area (Å²) in [6, 6.07) is 12.6. The second kappa shape index (κ2) is 7.95. The van der Waals surface area contributed by atoms with E-state index in [0.717, 1.165) is 28.9 Å². The van der Waals surface area contributed by atoms with Crippen molar-refractivity contribution in [2.24, 2.45) is 0 Å². The van der Waals surface area contributed by atoms with Crippen molar-refractivity contribution in [2.45, 2.75) is 23.1 Å². The zero-order valence-electron chi connectivity index (χ0n) is 10.5. The molecule has 1 saturated heterocycles. The topological polar surface area (TPSA) is 24.9 Å². The van der Waals surface area contributed by atoms with Gasteiger partial charge in [-0.3, -0.25) is 0 Å². The predicted octanol–water partition coefficient (Wildman–Crippen LogP) is 3.92. The van der Waals surface area contributed by atoms with Gasteiger partial charge in [0.25, 0.3) is 0 Å². The molecule has 2 nitrogen and oxygen atoms in total. The van der Waals surface area contributed by atoms with E-state index in [1.165, 1.54) is 18.2 Å². The molecule has 1 fully saturated rings. The molecule has 0 unspecified atom stereocenters. The number of nitrogens with one attached hydrogen (secondary N) is 1. The van der Waals surface area contributed by atoms with Gasteiger partial charge in [0.05, 0.1) is 10.5 Å². The van der Waals surface area contributed by atoms with Gasteiger partial charge < -0.3 is 5.32 Å². The summed E-state index contributed by atoms with van der Waals surface area (Å²) in [5.41, 5.74) is 1.10. The Bertz CT molecular complexity index is 516. The molecule has 1 aromatic carbocycles. The molecule has 3 rings (SSSR count). The second-order valence-corrected chi connectivity index (χ2v) is 5.73. The van der Waals surface area contributed by atoms with Crippen molar-refractivity contribution < 1.29 is 0 Å². The molecule has 1 aliphatic heterocycles. The van der Waals surface area contributed by atoms with Gasteiger partial charge in [0, 0.05) is 10.6 Å². The molecule has 19 heavy (non-hydrogen) atoms. The van der Waals surface area contributed by atoms with Gasteiger partial charge in [-0.2, -0.15) is 0 Å². The van der Waals surface area contributed by atoms with Gasteiger partial charge in [-0.05, 0) is 38.1 Å². The summed E-state index contributed by atoms with van der Waals surface area (Å²) in [6.45, 7) is 2.29. The van der Waals surface area contributed by atoms with Crippen LogP contribution in [-0.2, 0) is 0 Å². The summed E-state index contributed by atoms with van der Waals surface area (Å²) < 4.78 is 0. The van der Waals surface area contributed by atoms with Gasteiger partial charge in [0.1, 0.15) is 0 Å². The summed E-state index contributed by atoms with van der Waals surface area (Å²) in [4.78, 5) is 4.71. The fourth-order valence-corrected chi connectivity index (χ4v) is 3.31. The monoisotopic (exact) mass is 316 g/mol. The van der Waals surface area contributed by atoms with Gasteiger partial charge in [-0.1, -0.05) is 24.3 Å². The molecule has 1 N–H and O–H groups in total. The van der Waals surface area contributed by atoms with Crippen LogP contribution in [-0.4, -0.2) is 23.3 Å². The van der Waals surface area contributed by atoms with Crippen molar-refractivity contribution in [2.75, 3.05) is 13.1 Å². The van der Waals surface area contributed by atoms with Crippen molar-refractivity contribution in [3.63, 3.8) is 0 Å². The number of hydrogen-bond donors (Lipinski definition) is 1. The van der Waals surface area contributed by atoms with Crippen LogP contribution in [0.3, 0.4) is 0 Å². The molecule has 104 valence electrons. The largest absolute Gasteiger partial charge is 0.317 e. The lowest BCUT2D eigenvalue weighted by Crippen LogP contribution is -2.29. The second-order valence-electron chi connectivity index (χ2n) is 4.41. The number of benzene rings is 1. The van der Waals surface area contributed by atoms with Crippen LogP contribution >= 0.6 is 36.6 Å². The van der Waals surface area contributed by atoms with Crippen LogP contribution in [0.25, 0.3) is 10.9 Å². The van der Waals surface area contributed by atoms with Gasteiger partial charge in [-0.15, -0.1) is 36.6 Å². The summed E-state index contributed by atoms with van der Waals surface area (Å²) in [5, 5.41) is 6.51. The molecule has 0 aliphatic carbocycles. The van der Waals surface area contributed by atoms with Crippen LogP contribution in [0.15, 0.2) is 41.4 Å². The van der Waals surface area contributed by atoms with Crippen LogP contribution < -0.4 is 5.32 Å². The number of thioether (sulfide) groups is 1. The molecule has 0 radical (unpaired) electrons. The molecule has 1 aromatic heterocycles. The predicted molar refractivity (Wildman–Crippen MR) is 88.0 cm³/mol. The Morgan fingerprint density at radius 2 is 1.74 bits per heavy atom. The fraction of sp³-hybridized carbons (Fsp3) is 0.357. The first-order chi connectivity index (χ1) is 8.42. The quantitative estimate of drug-likeness (QED) is 0.909. The zero-order valence-corrected chi connectivity index (χ0v) is 13.0. The maximum absolute atomic E-state index is 4.71. The van der Waals surface area contributed by atoms with Gasteiger partial charge >= 0.3 is 0 Å². The number of fused-ring (bicyclic) bond motifs is 1. The van der Waals surface area contributed by atoms with E-state index in [1.807, 2.05) is 17.8 Å². The summed E-state index contributed by atoms with van der Waals surface area (Å²) in [5.74, 6) is 0. The number of rotatable bonds is 2. The molecule has 0 saturated carbocycles. The lowest BCUT2D eigenvalue weighted by atomic mass is 10.2. The maximum Gasteiger partial charge on any atom is 0.0970 e. The SMILES string of the molecule is Cl.Cl.c1ccc2nc(SC3CCNCC3)ccc2c1. The number of piperidine rings is 1. The van der Waals surface area contributed by atoms with Crippen molar-refractivity contribution in [3.8, 4) is 0 Å². The molecule has 0 amide bonds. The Kier molecular flexibility index (Phi) is 6.94. The number of para-hydroxylation sites is 1. The molecular weight excluding hydrogens is 299 g/mol. The van der Waals surface area contributed by atoms with E-state index < -0.39 is 0 Å². The average Bonchev–Trinajstić information content (AvgIpc) is 2.40. The zero-order chi connectivity index (χ0) is 11.5. The Morgan fingerprint density at radius 3 is 2.53 bits per heavy atom. The average molecular weight is 317 g/mol. The van der Waals surface area contributed by atoms with E-state index in [9.17, 15) is 0 Å². The Labute approximate surface area is 130 Å². The third-order valence-electron chi connectivity index (χ3n) is 3.15. The number of halogens is 2. The van der Waals surface area contributed by atoms with Crippen LogP contribution in [0.1, 0.15) is 12.8 Å². The van der Waals surface area contributed by atoms with Gasteiger partial charge in [-0.25, -0.2) is 4.98 Å². The highest BCUT2D eigenvalue weighted by molar-refractivity contribution is 7.99. The summed E-state index contributed by atoms with van der Waals surface area (Å²) in [6.07, 6.45) is 2.50. The van der Waals surface area contributed by atoms with Gasteiger partial charge in [0.15, 0.2) is 0 Å². The normalized spacial score (nSPS) is 15.6. The molecule has 2 heterocycles. The maximum atomic E-state index is 4.71. The van der Waals surface area contributed by atoms with Crippen molar-refractivity contribution in [3.05, 3.63) is 36.4 Å². The first kappa shape index (κ1) is 16.6. The molecule has 0 atom stereocenters. The number of pyridine rings is 1. The van der Waals surface area contributed by atoms with E-state index in [4.69, 9.17) is 4.98 Å². The minimum Gasteiger partial charge on any atom is -0.317 e. The third kappa shape index (κ3) is 4.25. The summed E-state index contributed by atoms with van der Waals surface area (Å²) >= 11 is 1.93. The standard InChI is InChI=1S/C14H16N2S.2ClH/c1-2-4-13-11(3-1)5-6-14(16-13)17-12-7-9-15-10-8-12;;/h1-6,12,15H,7-10H2;2*1H. The number of nitrogens with zero attached hydrogens (tertiary/aromatic N) is 1. The first-order valence-electron chi connectivity index (χ1n) is 6.15. The van der Waals surface area contributed by atoms with E-state index in [1.54, 1.807) is 0 Å². The lowest BCUT2D eigenvalue weighted by Gasteiger charge is -2.21. The molecule has 5 heteroatoms. The van der Waals surface area contributed by atoms with E-state index in [-0.39, 0.29) is 24.8 Å². The van der Waals surface area contributed by atoms with Crippen molar-refractivity contribution in [1.82, 2.24) is 10.3 Å². The molecule has 0 spiro atoms. The molecule has 2 aromatic rings. The molecular formula is C14H18Cl2N2S. The number of hydrogen-bond acceptors (Lipinski definition) is 3. The Hall–Kier alpha value is -0.480. The minimum atomic E-state index is 0. The number of aromatic nitrogens is 1. The minimum absolute atomic E-state index is 0. The fourth-order valence-electron chi connectivity index (χ4n) is 2.20. The molecule has 1 aliphatic rings. The van der Waals surface area contributed by atoms with Gasteiger partial charge in [0.2, 0.25) is 0 Å². The highest BCUT2D eigenvalue weighted by Crippen LogP contribution is 2.28. The lowest BCUT2D eigenvalue weighted by molar-refractivity contribution is 0.531. The summed E-state index contributed by atoms with van der Waals surface area (Å²) in [7, 11) is 0. The van der Waals surface area contributed by atoms with E-state index >= 15 is 0 Å². The smallest absolute Gasteiger partial charge is 0.0970 e. The Balaban J connectivity index is 0.000000902. The van der Waals surface area contributed by atoms with E-state index in [2.05, 4.69) is 35.6 Å². The van der Waals surface area contributed by atoms with Crippen molar-refractivity contribution in [1.29, 1.82) is 0 Å². The van der Waals surface area contributed by atoms with E-state index in [0.29, 0.717) is 0 Å². The highest BCUT2D eigenvalue weighted by atomic mass is 35.5. The Morgan fingerprint density at radius 1 is 1.00 bits per heavy atom. The highest BCUT2D eigenvalue weighted by Gasteiger charge is 2.14. The van der Waals surface area contributed by atoms with Crippen LogP contribution in [0.5, 0.6) is 0 Å². The van der Waals surface area contributed by atoms with Crippen LogP contribution in [0.4, 0.5) is 0 Å². The molecule has 0 bridgehead atoms. The van der Waals surface area contributed by atoms with Crippen LogP contribution in [0.2, 0.25) is 0 Å². The first-order valence-corrected chi connectivity index (χ1v) is 7.03. The van der Waals surface area contributed by atoms with Crippen LogP contribution in [0, 0.1) is 0 Å². The third-order valence-corrected chi connectivity index (χ3v) is 4.42. The van der Waals surface area contributed by atoms with Crippen molar-refractivity contribution >= 4 is 47.5 Å².